The molecule has 0 spiro atoms. The molecule has 0 bridgehead atoms. The first-order valence-corrected chi connectivity index (χ1v) is 11.4. The van der Waals surface area contributed by atoms with Gasteiger partial charge in [0, 0.05) is 17.5 Å². The molecular formula is C24H24N4OS. The molecule has 4 aromatic rings. The molecule has 0 radical (unpaired) electrons. The van der Waals surface area contributed by atoms with Crippen molar-refractivity contribution >= 4 is 28.7 Å². The van der Waals surface area contributed by atoms with Crippen molar-refractivity contribution in [3.05, 3.63) is 71.5 Å². The maximum absolute atomic E-state index is 6.47. The molecule has 2 aromatic heterocycles. The molecule has 30 heavy (non-hydrogen) atoms. The molecule has 0 amide bonds. The molecule has 1 fully saturated rings. The summed E-state index contributed by atoms with van der Waals surface area (Å²) in [5.41, 5.74) is 17.6. The number of nitrogens with zero attached hydrogens (tertiary/aromatic N) is 2. The highest BCUT2D eigenvalue weighted by atomic mass is 32.2. The summed E-state index contributed by atoms with van der Waals surface area (Å²) in [5, 5.41) is 1.39. The van der Waals surface area contributed by atoms with E-state index in [1.807, 2.05) is 24.5 Å². The lowest BCUT2D eigenvalue weighted by Crippen LogP contribution is -2.43. The van der Waals surface area contributed by atoms with E-state index in [9.17, 15) is 0 Å². The number of hydrogen-bond donors (Lipinski definition) is 2. The SMILES string of the molecule is CSc1nc(N)c2c(-c3ccccc3)c(Cc3ccc(C4(N)CCC4)cc3)oc2n1. The number of aromatic nitrogens is 2. The van der Waals surface area contributed by atoms with Gasteiger partial charge in [0.25, 0.3) is 0 Å². The van der Waals surface area contributed by atoms with Gasteiger partial charge in [0.05, 0.1) is 5.39 Å². The summed E-state index contributed by atoms with van der Waals surface area (Å²) in [6.07, 6.45) is 5.90. The van der Waals surface area contributed by atoms with Crippen LogP contribution < -0.4 is 11.5 Å². The number of furan rings is 1. The molecule has 0 atom stereocenters. The van der Waals surface area contributed by atoms with Crippen LogP contribution in [0.5, 0.6) is 0 Å². The molecule has 1 saturated carbocycles. The fourth-order valence-corrected chi connectivity index (χ4v) is 4.53. The monoisotopic (exact) mass is 416 g/mol. The third kappa shape index (κ3) is 3.26. The zero-order valence-electron chi connectivity index (χ0n) is 16.9. The van der Waals surface area contributed by atoms with Gasteiger partial charge in [0.15, 0.2) is 5.16 Å². The van der Waals surface area contributed by atoms with E-state index in [4.69, 9.17) is 15.9 Å². The average Bonchev–Trinajstić information content (AvgIpc) is 3.11. The minimum atomic E-state index is -0.147. The lowest BCUT2D eigenvalue weighted by atomic mass is 9.72. The Balaban J connectivity index is 1.59. The van der Waals surface area contributed by atoms with Crippen LogP contribution >= 0.6 is 11.8 Å². The van der Waals surface area contributed by atoms with E-state index in [-0.39, 0.29) is 5.54 Å². The quantitative estimate of drug-likeness (QED) is 0.346. The second-order valence-electron chi connectivity index (χ2n) is 7.93. The molecule has 152 valence electrons. The summed E-state index contributed by atoms with van der Waals surface area (Å²) >= 11 is 1.45. The summed E-state index contributed by atoms with van der Waals surface area (Å²) in [7, 11) is 0. The highest BCUT2D eigenvalue weighted by molar-refractivity contribution is 7.98. The van der Waals surface area contributed by atoms with Crippen molar-refractivity contribution < 1.29 is 4.42 Å². The van der Waals surface area contributed by atoms with E-state index in [0.717, 1.165) is 40.7 Å². The molecule has 6 heteroatoms. The van der Waals surface area contributed by atoms with Crippen LogP contribution in [0.4, 0.5) is 5.82 Å². The van der Waals surface area contributed by atoms with Crippen LogP contribution in [0.15, 0.2) is 64.2 Å². The van der Waals surface area contributed by atoms with Gasteiger partial charge in [-0.1, -0.05) is 66.4 Å². The maximum atomic E-state index is 6.47. The Labute approximate surface area is 179 Å². The van der Waals surface area contributed by atoms with Gasteiger partial charge in [-0.2, -0.15) is 4.98 Å². The highest BCUT2D eigenvalue weighted by Crippen LogP contribution is 2.40. The molecule has 0 unspecified atom stereocenters. The van der Waals surface area contributed by atoms with Gasteiger partial charge in [-0.3, -0.25) is 0 Å². The fourth-order valence-electron chi connectivity index (χ4n) is 4.16. The Morgan fingerprint density at radius 1 is 1.03 bits per heavy atom. The topological polar surface area (TPSA) is 91.0 Å². The normalized spacial score (nSPS) is 15.3. The van der Waals surface area contributed by atoms with Gasteiger partial charge in [-0.15, -0.1) is 0 Å². The van der Waals surface area contributed by atoms with Crippen LogP contribution in [0.3, 0.4) is 0 Å². The smallest absolute Gasteiger partial charge is 0.233 e. The van der Waals surface area contributed by atoms with Crippen molar-refractivity contribution in [1.82, 2.24) is 9.97 Å². The Morgan fingerprint density at radius 3 is 2.40 bits per heavy atom. The van der Waals surface area contributed by atoms with Gasteiger partial charge in [0.1, 0.15) is 11.6 Å². The van der Waals surface area contributed by atoms with E-state index in [2.05, 4.69) is 46.4 Å². The summed E-state index contributed by atoms with van der Waals surface area (Å²) in [4.78, 5) is 8.99. The second-order valence-corrected chi connectivity index (χ2v) is 8.70. The first-order chi connectivity index (χ1) is 14.6. The standard InChI is InChI=1S/C24H24N4OS/c1-30-23-27-21(25)20-19(16-6-3-2-4-7-16)18(29-22(20)28-23)14-15-8-10-17(11-9-15)24(26)12-5-13-24/h2-4,6-11H,5,12-14,26H2,1H3,(H2,25,27,28). The van der Waals surface area contributed by atoms with Crippen LogP contribution in [0, 0.1) is 0 Å². The number of hydrogen-bond acceptors (Lipinski definition) is 6. The number of nitrogen functional groups attached to an aromatic ring is 1. The molecule has 5 rings (SSSR count). The molecule has 4 N–H and O–H groups in total. The molecule has 0 aliphatic heterocycles. The third-order valence-corrected chi connectivity index (χ3v) is 6.56. The Bertz CT molecular complexity index is 1200. The number of anilines is 1. The predicted octanol–water partition coefficient (Wildman–Crippen LogP) is 5.12. The maximum Gasteiger partial charge on any atom is 0.233 e. The van der Waals surface area contributed by atoms with Crippen LogP contribution in [0.25, 0.3) is 22.2 Å². The zero-order valence-corrected chi connectivity index (χ0v) is 17.7. The number of benzene rings is 2. The van der Waals surface area contributed by atoms with Crippen molar-refractivity contribution in [2.75, 3.05) is 12.0 Å². The molecule has 0 saturated heterocycles. The Hall–Kier alpha value is -2.83. The van der Waals surface area contributed by atoms with Crippen LogP contribution in [-0.2, 0) is 12.0 Å². The first kappa shape index (κ1) is 19.2. The summed E-state index contributed by atoms with van der Waals surface area (Å²) in [6.45, 7) is 0. The summed E-state index contributed by atoms with van der Waals surface area (Å²) < 4.78 is 6.24. The molecule has 1 aliphatic rings. The first-order valence-electron chi connectivity index (χ1n) is 10.1. The van der Waals surface area contributed by atoms with Crippen molar-refractivity contribution in [3.63, 3.8) is 0 Å². The Kier molecular flexibility index (Phi) is 4.76. The largest absolute Gasteiger partial charge is 0.442 e. The number of rotatable bonds is 5. The van der Waals surface area contributed by atoms with Crippen molar-refractivity contribution in [3.8, 4) is 11.1 Å². The van der Waals surface area contributed by atoms with Crippen LogP contribution in [-0.4, -0.2) is 16.2 Å². The minimum absolute atomic E-state index is 0.147. The lowest BCUT2D eigenvalue weighted by molar-refractivity contribution is 0.253. The van der Waals surface area contributed by atoms with Gasteiger partial charge < -0.3 is 15.9 Å². The van der Waals surface area contributed by atoms with Crippen LogP contribution in [0.1, 0.15) is 36.1 Å². The van der Waals surface area contributed by atoms with Crippen molar-refractivity contribution in [1.29, 1.82) is 0 Å². The third-order valence-electron chi connectivity index (χ3n) is 6.02. The molecule has 2 heterocycles. The molecule has 1 aliphatic carbocycles. The molecule has 5 nitrogen and oxygen atoms in total. The highest BCUT2D eigenvalue weighted by Gasteiger charge is 2.34. The van der Waals surface area contributed by atoms with Crippen molar-refractivity contribution in [2.45, 2.75) is 36.4 Å². The van der Waals surface area contributed by atoms with Gasteiger partial charge in [-0.25, -0.2) is 4.98 Å². The fraction of sp³-hybridized carbons (Fsp3) is 0.250. The predicted molar refractivity (Wildman–Crippen MR) is 122 cm³/mol. The van der Waals surface area contributed by atoms with Gasteiger partial charge in [0.2, 0.25) is 5.71 Å². The van der Waals surface area contributed by atoms with E-state index in [1.54, 1.807) is 0 Å². The zero-order chi connectivity index (χ0) is 20.7. The number of fused-ring (bicyclic) bond motifs is 1. The van der Waals surface area contributed by atoms with E-state index < -0.39 is 0 Å². The Morgan fingerprint density at radius 2 is 1.77 bits per heavy atom. The van der Waals surface area contributed by atoms with Crippen LogP contribution in [0.2, 0.25) is 0 Å². The van der Waals surface area contributed by atoms with E-state index in [1.165, 1.54) is 23.7 Å². The average molecular weight is 417 g/mol. The van der Waals surface area contributed by atoms with E-state index >= 15 is 0 Å². The minimum Gasteiger partial charge on any atom is -0.442 e. The van der Waals surface area contributed by atoms with Crippen molar-refractivity contribution in [2.24, 2.45) is 5.73 Å². The van der Waals surface area contributed by atoms with Gasteiger partial charge in [-0.05, 0) is 42.2 Å². The molecular weight excluding hydrogens is 392 g/mol. The van der Waals surface area contributed by atoms with Gasteiger partial charge >= 0.3 is 0 Å². The second kappa shape index (κ2) is 7.45. The molecule has 2 aromatic carbocycles. The number of nitrogens with two attached hydrogens (primary N) is 2. The summed E-state index contributed by atoms with van der Waals surface area (Å²) in [6, 6.07) is 18.7. The summed E-state index contributed by atoms with van der Waals surface area (Å²) in [5.74, 6) is 1.29. The van der Waals surface area contributed by atoms with E-state index in [0.29, 0.717) is 23.1 Å². The number of thioether (sulfide) groups is 1. The lowest BCUT2D eigenvalue weighted by Gasteiger charge is -2.38.